The Morgan fingerprint density at radius 2 is 2.00 bits per heavy atom. The average Bonchev–Trinajstić information content (AvgIpc) is 3.56. The Hall–Kier alpha value is -3.44. The summed E-state index contributed by atoms with van der Waals surface area (Å²) in [5, 5.41) is 3.32. The van der Waals surface area contributed by atoms with Gasteiger partial charge in [-0.25, -0.2) is 9.59 Å². The highest BCUT2D eigenvalue weighted by atomic mass is 32.1. The molecule has 4 heterocycles. The minimum atomic E-state index is -0.533. The number of thiophene rings is 1. The summed E-state index contributed by atoms with van der Waals surface area (Å²) in [7, 11) is 0. The van der Waals surface area contributed by atoms with E-state index < -0.39 is 11.8 Å². The highest BCUT2D eigenvalue weighted by Crippen LogP contribution is 2.33. The van der Waals surface area contributed by atoms with Gasteiger partial charge in [-0.15, -0.1) is 11.3 Å². The number of nitrogens with one attached hydrogen (secondary N) is 1. The normalized spacial score (nSPS) is 17.1. The molecule has 0 saturated carbocycles. The number of amides is 2. The van der Waals surface area contributed by atoms with E-state index in [0.29, 0.717) is 42.9 Å². The van der Waals surface area contributed by atoms with Crippen LogP contribution in [0.3, 0.4) is 0 Å². The van der Waals surface area contributed by atoms with Crippen LogP contribution < -0.4 is 16.6 Å². The molecule has 1 N–H and O–H groups in total. The van der Waals surface area contributed by atoms with Crippen molar-refractivity contribution < 1.29 is 19.1 Å². The van der Waals surface area contributed by atoms with Gasteiger partial charge >= 0.3 is 11.8 Å². The molecule has 37 heavy (non-hydrogen) atoms. The van der Waals surface area contributed by atoms with Gasteiger partial charge < -0.3 is 19.7 Å². The lowest BCUT2D eigenvalue weighted by molar-refractivity contribution is -0.122. The molecule has 0 spiro atoms. The quantitative estimate of drug-likeness (QED) is 0.505. The topological polar surface area (TPSA) is 112 Å². The van der Waals surface area contributed by atoms with Gasteiger partial charge in [0, 0.05) is 24.6 Å². The average molecular weight is 527 g/mol. The van der Waals surface area contributed by atoms with Crippen LogP contribution in [0.5, 0.6) is 0 Å². The molecule has 0 aliphatic carbocycles. The number of fused-ring (bicyclic) bond motifs is 3. The smallest absolute Gasteiger partial charge is 0.410 e. The summed E-state index contributed by atoms with van der Waals surface area (Å²) in [6.07, 6.45) is 1.90. The van der Waals surface area contributed by atoms with Crippen LogP contribution in [0.25, 0.3) is 10.2 Å². The van der Waals surface area contributed by atoms with Crippen molar-refractivity contribution in [2.24, 2.45) is 0 Å². The van der Waals surface area contributed by atoms with Gasteiger partial charge in [-0.05, 0) is 37.3 Å². The number of aromatic nitrogens is 2. The van der Waals surface area contributed by atoms with E-state index >= 15 is 0 Å². The third-order valence-corrected chi connectivity index (χ3v) is 8.01. The molecule has 1 atom stereocenters. The number of rotatable bonds is 7. The molecular formula is C26H30N4O6S. The third kappa shape index (κ3) is 5.19. The van der Waals surface area contributed by atoms with Crippen molar-refractivity contribution in [2.75, 3.05) is 26.3 Å². The van der Waals surface area contributed by atoms with Gasteiger partial charge in [0.25, 0.3) is 5.56 Å². The fourth-order valence-electron chi connectivity index (χ4n) is 4.90. The van der Waals surface area contributed by atoms with Crippen LogP contribution in [0.1, 0.15) is 35.8 Å². The van der Waals surface area contributed by atoms with Gasteiger partial charge in [-0.1, -0.05) is 30.3 Å². The standard InChI is InChI=1S/C26H30N4O6S/c1-2-35-26(34)28-11-10-19-20(15-28)37-24-22(19)23(32)29(14-17-7-4-3-5-8-17)25(33)30(24)16-21(31)27-13-18-9-6-12-36-18/h3-5,7-8,18H,2,6,9-16H2,1H3,(H,27,31)/t18-/m0/s1. The molecule has 0 unspecified atom stereocenters. The molecule has 11 heteroatoms. The Morgan fingerprint density at radius 1 is 1.19 bits per heavy atom. The fraction of sp³-hybridized carbons (Fsp3) is 0.462. The lowest BCUT2D eigenvalue weighted by atomic mass is 10.1. The van der Waals surface area contributed by atoms with E-state index in [2.05, 4.69) is 5.32 Å². The summed E-state index contributed by atoms with van der Waals surface area (Å²) in [4.78, 5) is 55.4. The summed E-state index contributed by atoms with van der Waals surface area (Å²) in [5.41, 5.74) is 0.741. The number of benzene rings is 1. The van der Waals surface area contributed by atoms with Crippen molar-refractivity contribution in [1.82, 2.24) is 19.4 Å². The molecule has 10 nitrogen and oxygen atoms in total. The Labute approximate surface area is 217 Å². The van der Waals surface area contributed by atoms with E-state index in [1.807, 2.05) is 30.3 Å². The van der Waals surface area contributed by atoms with E-state index in [4.69, 9.17) is 9.47 Å². The summed E-state index contributed by atoms with van der Waals surface area (Å²) in [6.45, 7) is 3.71. The second-order valence-corrected chi connectivity index (χ2v) is 10.3. The number of hydrogen-bond donors (Lipinski definition) is 1. The monoisotopic (exact) mass is 526 g/mol. The number of ether oxygens (including phenoxy) is 2. The molecule has 1 fully saturated rings. The van der Waals surface area contributed by atoms with Crippen LogP contribution in [0.2, 0.25) is 0 Å². The molecule has 2 aliphatic heterocycles. The van der Waals surface area contributed by atoms with Gasteiger partial charge in [0.2, 0.25) is 5.91 Å². The zero-order valence-corrected chi connectivity index (χ0v) is 21.6. The first-order valence-electron chi connectivity index (χ1n) is 12.6. The van der Waals surface area contributed by atoms with E-state index in [-0.39, 0.29) is 37.3 Å². The number of carbonyl (C=O) groups excluding carboxylic acids is 2. The first-order valence-corrected chi connectivity index (χ1v) is 13.4. The van der Waals surface area contributed by atoms with Crippen LogP contribution in [-0.4, -0.2) is 58.4 Å². The van der Waals surface area contributed by atoms with Crippen LogP contribution in [0.4, 0.5) is 4.79 Å². The second kappa shape index (κ2) is 10.9. The molecule has 0 bridgehead atoms. The highest BCUT2D eigenvalue weighted by molar-refractivity contribution is 7.18. The molecular weight excluding hydrogens is 496 g/mol. The molecule has 1 saturated heterocycles. The molecule has 1 aromatic carbocycles. The van der Waals surface area contributed by atoms with Gasteiger partial charge in [-0.2, -0.15) is 0 Å². The van der Waals surface area contributed by atoms with Crippen LogP contribution in [0.15, 0.2) is 39.9 Å². The summed E-state index contributed by atoms with van der Waals surface area (Å²) in [5.74, 6) is -0.316. The Kier molecular flexibility index (Phi) is 7.43. The summed E-state index contributed by atoms with van der Waals surface area (Å²) in [6, 6.07) is 9.29. The minimum absolute atomic E-state index is 0.0179. The SMILES string of the molecule is CCOC(=O)N1CCc2c(sc3c2c(=O)n(Cc2ccccc2)c(=O)n3CC(=O)NC[C@@H]2CCCO2)C1. The minimum Gasteiger partial charge on any atom is -0.450 e. The molecule has 2 aliphatic rings. The van der Waals surface area contributed by atoms with Crippen LogP contribution in [0, 0.1) is 0 Å². The van der Waals surface area contributed by atoms with Crippen molar-refractivity contribution in [2.45, 2.75) is 51.9 Å². The van der Waals surface area contributed by atoms with Crippen molar-refractivity contribution in [3.05, 3.63) is 67.2 Å². The lowest BCUT2D eigenvalue weighted by Crippen LogP contribution is -2.43. The van der Waals surface area contributed by atoms with E-state index in [1.54, 1.807) is 11.8 Å². The fourth-order valence-corrected chi connectivity index (χ4v) is 6.25. The highest BCUT2D eigenvalue weighted by Gasteiger charge is 2.29. The molecule has 196 valence electrons. The molecule has 2 aromatic heterocycles. The summed E-state index contributed by atoms with van der Waals surface area (Å²) < 4.78 is 13.3. The zero-order chi connectivity index (χ0) is 25.9. The van der Waals surface area contributed by atoms with E-state index in [0.717, 1.165) is 28.8 Å². The maximum Gasteiger partial charge on any atom is 0.410 e. The molecule has 5 rings (SSSR count). The van der Waals surface area contributed by atoms with E-state index in [1.165, 1.54) is 20.5 Å². The van der Waals surface area contributed by atoms with Crippen molar-refractivity contribution in [3.8, 4) is 0 Å². The van der Waals surface area contributed by atoms with E-state index in [9.17, 15) is 19.2 Å². The van der Waals surface area contributed by atoms with Crippen molar-refractivity contribution >= 4 is 33.6 Å². The van der Waals surface area contributed by atoms with Crippen molar-refractivity contribution in [3.63, 3.8) is 0 Å². The van der Waals surface area contributed by atoms with Crippen LogP contribution in [-0.2, 0) is 40.3 Å². The maximum atomic E-state index is 13.7. The molecule has 3 aromatic rings. The number of nitrogens with zero attached hydrogens (tertiary/aromatic N) is 3. The predicted molar refractivity (Wildman–Crippen MR) is 139 cm³/mol. The maximum absolute atomic E-state index is 13.7. The second-order valence-electron chi connectivity index (χ2n) is 9.24. The zero-order valence-electron chi connectivity index (χ0n) is 20.7. The van der Waals surface area contributed by atoms with Gasteiger partial charge in [0.05, 0.1) is 31.2 Å². The molecule has 2 amide bonds. The predicted octanol–water partition coefficient (Wildman–Crippen LogP) is 2.08. The summed E-state index contributed by atoms with van der Waals surface area (Å²) >= 11 is 1.29. The Balaban J connectivity index is 1.54. The lowest BCUT2D eigenvalue weighted by Gasteiger charge is -2.25. The van der Waals surface area contributed by atoms with Crippen LogP contribution >= 0.6 is 11.3 Å². The van der Waals surface area contributed by atoms with Gasteiger partial charge in [0.1, 0.15) is 11.4 Å². The van der Waals surface area contributed by atoms with Gasteiger partial charge in [0.15, 0.2) is 0 Å². The first kappa shape index (κ1) is 25.2. The number of carbonyl (C=O) groups is 2. The van der Waals surface area contributed by atoms with Crippen molar-refractivity contribution in [1.29, 1.82) is 0 Å². The molecule has 0 radical (unpaired) electrons. The largest absolute Gasteiger partial charge is 0.450 e. The number of hydrogen-bond acceptors (Lipinski definition) is 7. The third-order valence-electron chi connectivity index (χ3n) is 6.77. The van der Waals surface area contributed by atoms with Gasteiger partial charge in [-0.3, -0.25) is 18.7 Å². The Bertz CT molecular complexity index is 1420. The first-order chi connectivity index (χ1) is 18.0. The Morgan fingerprint density at radius 3 is 2.73 bits per heavy atom.